The van der Waals surface area contributed by atoms with Gasteiger partial charge in [0.2, 0.25) is 0 Å². The van der Waals surface area contributed by atoms with Crippen LogP contribution in [0.4, 0.5) is 13.2 Å². The molecule has 0 aliphatic carbocycles. The van der Waals surface area contributed by atoms with Gasteiger partial charge >= 0.3 is 12.1 Å². The molecule has 0 unspecified atom stereocenters. The van der Waals surface area contributed by atoms with Crippen LogP contribution in [0.1, 0.15) is 32.6 Å². The first-order chi connectivity index (χ1) is 12.4. The second-order valence-electron chi connectivity index (χ2n) is 5.25. The molecule has 1 heterocycles. The average molecular weight is 398 g/mol. The highest BCUT2D eigenvalue weighted by Gasteiger charge is 2.40. The Morgan fingerprint density at radius 1 is 1.00 bits per heavy atom. The number of ether oxygens (including phenoxy) is 1. The van der Waals surface area contributed by atoms with Gasteiger partial charge in [-0.2, -0.15) is 13.2 Å². The lowest BCUT2D eigenvalue weighted by atomic mass is 10.0. The van der Waals surface area contributed by atoms with Gasteiger partial charge in [0.1, 0.15) is 4.88 Å². The molecule has 0 amide bonds. The number of alkyl halides is 3. The van der Waals surface area contributed by atoms with E-state index in [1.165, 1.54) is 0 Å². The van der Waals surface area contributed by atoms with Crippen molar-refractivity contribution in [2.75, 3.05) is 0 Å². The molecule has 0 bridgehead atoms. The van der Waals surface area contributed by atoms with Crippen molar-refractivity contribution in [1.82, 2.24) is 4.98 Å². The van der Waals surface area contributed by atoms with Crippen LogP contribution < -0.4 is 0 Å². The van der Waals surface area contributed by atoms with E-state index in [0.717, 1.165) is 0 Å². The monoisotopic (exact) mass is 397 g/mol. The summed E-state index contributed by atoms with van der Waals surface area (Å²) in [7, 11) is 0. The van der Waals surface area contributed by atoms with Crippen molar-refractivity contribution in [1.29, 1.82) is 0 Å². The molecule has 0 spiro atoms. The number of hydrogen-bond donors (Lipinski definition) is 0. The number of rotatable bonds is 4. The van der Waals surface area contributed by atoms with Gasteiger partial charge < -0.3 is 4.74 Å². The first-order valence-corrected chi connectivity index (χ1v) is 8.60. The third-order valence-electron chi connectivity index (χ3n) is 3.48. The molecule has 1 aromatic heterocycles. The molecule has 0 N–H and O–H groups in total. The Balaban J connectivity index is 1.97. The molecule has 3 aromatic rings. The largest absolute Gasteiger partial charge is 0.448 e. The van der Waals surface area contributed by atoms with E-state index in [-0.39, 0.29) is 4.47 Å². The number of halogens is 4. The van der Waals surface area contributed by atoms with E-state index in [1.54, 1.807) is 60.7 Å². The van der Waals surface area contributed by atoms with Crippen LogP contribution in [0, 0.1) is 0 Å². The van der Waals surface area contributed by atoms with Crippen LogP contribution in [0.15, 0.2) is 60.7 Å². The maximum absolute atomic E-state index is 13.1. The van der Waals surface area contributed by atoms with E-state index in [4.69, 9.17) is 16.3 Å². The minimum Gasteiger partial charge on any atom is -0.448 e. The number of carbonyl (C=O) groups excluding carboxylic acids is 1. The van der Waals surface area contributed by atoms with Crippen molar-refractivity contribution in [3.63, 3.8) is 0 Å². The molecule has 8 heteroatoms. The molecule has 26 heavy (non-hydrogen) atoms. The standard InChI is InChI=1S/C18H11ClF3NO2S/c19-17-23-15(18(20,21)22)14(26-17)16(24)25-13(11-7-3-1-4-8-11)12-9-5-2-6-10-12/h1-10,13H. The van der Waals surface area contributed by atoms with Crippen LogP contribution >= 0.6 is 22.9 Å². The van der Waals surface area contributed by atoms with Gasteiger partial charge in [-0.3, -0.25) is 0 Å². The lowest BCUT2D eigenvalue weighted by Crippen LogP contribution is -2.16. The van der Waals surface area contributed by atoms with Crippen molar-refractivity contribution in [3.05, 3.63) is 86.8 Å². The molecule has 0 radical (unpaired) electrons. The van der Waals surface area contributed by atoms with Crippen molar-refractivity contribution in [2.24, 2.45) is 0 Å². The normalized spacial score (nSPS) is 11.6. The van der Waals surface area contributed by atoms with Crippen LogP contribution in [-0.4, -0.2) is 11.0 Å². The van der Waals surface area contributed by atoms with Crippen LogP contribution in [0.2, 0.25) is 4.47 Å². The van der Waals surface area contributed by atoms with E-state index in [1.807, 2.05) is 0 Å². The average Bonchev–Trinajstić information content (AvgIpc) is 3.03. The summed E-state index contributed by atoms with van der Waals surface area (Å²) in [6, 6.07) is 17.5. The Morgan fingerprint density at radius 3 is 1.96 bits per heavy atom. The summed E-state index contributed by atoms with van der Waals surface area (Å²) in [6.45, 7) is 0. The molecular formula is C18H11ClF3NO2S. The number of thiazole rings is 1. The highest BCUT2D eigenvalue weighted by atomic mass is 35.5. The zero-order valence-corrected chi connectivity index (χ0v) is 14.6. The number of esters is 1. The van der Waals surface area contributed by atoms with Gasteiger partial charge in [0, 0.05) is 0 Å². The summed E-state index contributed by atoms with van der Waals surface area (Å²) in [5.41, 5.74) is -0.0650. The molecular weight excluding hydrogens is 387 g/mol. The van der Waals surface area contributed by atoms with Gasteiger partial charge in [-0.15, -0.1) is 0 Å². The summed E-state index contributed by atoms with van der Waals surface area (Å²) in [4.78, 5) is 15.0. The summed E-state index contributed by atoms with van der Waals surface area (Å²) in [5, 5.41) is 0. The number of nitrogens with zero attached hydrogens (tertiary/aromatic N) is 1. The Labute approximate surface area is 156 Å². The zero-order valence-electron chi connectivity index (χ0n) is 13.0. The zero-order chi connectivity index (χ0) is 18.7. The quantitative estimate of drug-likeness (QED) is 0.525. The van der Waals surface area contributed by atoms with Gasteiger partial charge in [0.05, 0.1) is 0 Å². The number of carbonyl (C=O) groups is 1. The van der Waals surface area contributed by atoms with Gasteiger partial charge in [0.15, 0.2) is 16.3 Å². The molecule has 0 aliphatic heterocycles. The third-order valence-corrected chi connectivity index (χ3v) is 4.62. The summed E-state index contributed by atoms with van der Waals surface area (Å²) in [6.07, 6.45) is -5.65. The first kappa shape index (κ1) is 18.4. The fraction of sp³-hybridized carbons (Fsp3) is 0.111. The smallest absolute Gasteiger partial charge is 0.435 e. The maximum atomic E-state index is 13.1. The molecule has 0 atom stereocenters. The lowest BCUT2D eigenvalue weighted by Gasteiger charge is -2.19. The molecule has 0 fully saturated rings. The van der Waals surface area contributed by atoms with Crippen molar-refractivity contribution in [2.45, 2.75) is 12.3 Å². The highest BCUT2D eigenvalue weighted by Crippen LogP contribution is 2.37. The van der Waals surface area contributed by atoms with Gasteiger partial charge in [-0.05, 0) is 11.1 Å². The molecule has 3 rings (SSSR count). The first-order valence-electron chi connectivity index (χ1n) is 7.40. The number of hydrogen-bond acceptors (Lipinski definition) is 4. The second-order valence-corrected chi connectivity index (χ2v) is 6.83. The van der Waals surface area contributed by atoms with Gasteiger partial charge in [-0.25, -0.2) is 9.78 Å². The van der Waals surface area contributed by atoms with Crippen LogP contribution in [0.5, 0.6) is 0 Å². The minimum atomic E-state index is -4.80. The molecule has 0 aliphatic rings. The van der Waals surface area contributed by atoms with Crippen LogP contribution in [-0.2, 0) is 10.9 Å². The topological polar surface area (TPSA) is 39.2 Å². The lowest BCUT2D eigenvalue weighted by molar-refractivity contribution is -0.141. The van der Waals surface area contributed by atoms with Gasteiger partial charge in [0.25, 0.3) is 0 Å². The van der Waals surface area contributed by atoms with Crippen molar-refractivity contribution >= 4 is 28.9 Å². The number of aromatic nitrogens is 1. The van der Waals surface area contributed by atoms with Crippen LogP contribution in [0.25, 0.3) is 0 Å². The fourth-order valence-electron chi connectivity index (χ4n) is 2.37. The predicted octanol–water partition coefficient (Wildman–Crippen LogP) is 5.76. The predicted molar refractivity (Wildman–Crippen MR) is 92.3 cm³/mol. The van der Waals surface area contributed by atoms with Crippen molar-refractivity contribution in [3.8, 4) is 0 Å². The minimum absolute atomic E-state index is 0.375. The molecule has 3 nitrogen and oxygen atoms in total. The molecule has 134 valence electrons. The summed E-state index contributed by atoms with van der Waals surface area (Å²) in [5.74, 6) is -1.13. The van der Waals surface area contributed by atoms with Crippen LogP contribution in [0.3, 0.4) is 0 Å². The Morgan fingerprint density at radius 2 is 1.50 bits per heavy atom. The van der Waals surface area contributed by atoms with Gasteiger partial charge in [-0.1, -0.05) is 83.6 Å². The second kappa shape index (κ2) is 7.47. The van der Waals surface area contributed by atoms with E-state index < -0.39 is 28.8 Å². The molecule has 2 aromatic carbocycles. The van der Waals surface area contributed by atoms with E-state index in [9.17, 15) is 18.0 Å². The summed E-state index contributed by atoms with van der Waals surface area (Å²) >= 11 is 6.03. The summed E-state index contributed by atoms with van der Waals surface area (Å²) < 4.78 is 44.3. The number of benzene rings is 2. The SMILES string of the molecule is O=C(OC(c1ccccc1)c1ccccc1)c1sc(Cl)nc1C(F)(F)F. The highest BCUT2D eigenvalue weighted by molar-refractivity contribution is 7.17. The molecule has 0 saturated carbocycles. The third kappa shape index (κ3) is 4.05. The Kier molecular flexibility index (Phi) is 5.29. The van der Waals surface area contributed by atoms with Crippen molar-refractivity contribution < 1.29 is 22.7 Å². The maximum Gasteiger partial charge on any atom is 0.435 e. The Hall–Kier alpha value is -2.38. The van der Waals surface area contributed by atoms with E-state index in [2.05, 4.69) is 4.98 Å². The van der Waals surface area contributed by atoms with E-state index >= 15 is 0 Å². The fourth-order valence-corrected chi connectivity index (χ4v) is 3.38. The molecule has 0 saturated heterocycles. The van der Waals surface area contributed by atoms with E-state index in [0.29, 0.717) is 22.5 Å². The Bertz CT molecular complexity index is 858.